The molecule has 0 atom stereocenters. The van der Waals surface area contributed by atoms with Crippen molar-refractivity contribution in [3.8, 4) is 0 Å². The molecule has 0 saturated heterocycles. The van der Waals surface area contributed by atoms with Gasteiger partial charge in [-0.15, -0.1) is 0 Å². The molecular formula is C18H13N3O. The standard InChI is InChI=1S/C18H13N3O/c22-18(20-13-5-2-1-3-6-13)12-8-9-16-15(11-12)14-7-4-10-19-17(14)21-16/h1-11H,(H,19,21)(H,20,22). The predicted octanol–water partition coefficient (Wildman–Crippen LogP) is 3.97. The van der Waals surface area contributed by atoms with Gasteiger partial charge in [0.05, 0.1) is 0 Å². The first-order valence-corrected chi connectivity index (χ1v) is 7.04. The molecule has 0 radical (unpaired) electrons. The molecule has 2 aromatic carbocycles. The highest BCUT2D eigenvalue weighted by molar-refractivity contribution is 6.11. The summed E-state index contributed by atoms with van der Waals surface area (Å²) in [6.45, 7) is 0. The van der Waals surface area contributed by atoms with E-state index in [9.17, 15) is 4.79 Å². The van der Waals surface area contributed by atoms with Gasteiger partial charge < -0.3 is 10.3 Å². The lowest BCUT2D eigenvalue weighted by molar-refractivity contribution is 0.102. The van der Waals surface area contributed by atoms with Crippen molar-refractivity contribution in [1.29, 1.82) is 0 Å². The summed E-state index contributed by atoms with van der Waals surface area (Å²) in [6.07, 6.45) is 1.75. The van der Waals surface area contributed by atoms with Gasteiger partial charge in [-0.1, -0.05) is 18.2 Å². The molecule has 0 aliphatic heterocycles. The Morgan fingerprint density at radius 3 is 2.68 bits per heavy atom. The molecule has 0 fully saturated rings. The average Bonchev–Trinajstić information content (AvgIpc) is 2.93. The topological polar surface area (TPSA) is 57.8 Å². The highest BCUT2D eigenvalue weighted by Crippen LogP contribution is 2.25. The highest BCUT2D eigenvalue weighted by Gasteiger charge is 2.10. The molecule has 0 unspecified atom stereocenters. The van der Waals surface area contributed by atoms with Crippen molar-refractivity contribution in [2.45, 2.75) is 0 Å². The van der Waals surface area contributed by atoms with Crippen LogP contribution < -0.4 is 5.32 Å². The monoisotopic (exact) mass is 287 g/mol. The molecule has 0 spiro atoms. The summed E-state index contributed by atoms with van der Waals surface area (Å²) in [5.74, 6) is -0.119. The Bertz CT molecular complexity index is 973. The first-order chi connectivity index (χ1) is 10.8. The smallest absolute Gasteiger partial charge is 0.255 e. The Morgan fingerprint density at radius 2 is 1.82 bits per heavy atom. The third-order valence-electron chi connectivity index (χ3n) is 3.66. The molecule has 4 aromatic rings. The molecule has 4 rings (SSSR count). The zero-order chi connectivity index (χ0) is 14.9. The molecule has 0 saturated carbocycles. The van der Waals surface area contributed by atoms with Gasteiger partial charge in [0.25, 0.3) is 5.91 Å². The Kier molecular flexibility index (Phi) is 2.86. The van der Waals surface area contributed by atoms with Gasteiger partial charge in [0, 0.05) is 33.7 Å². The number of pyridine rings is 1. The van der Waals surface area contributed by atoms with Gasteiger partial charge in [-0.05, 0) is 42.5 Å². The number of carbonyl (C=O) groups excluding carboxylic acids is 1. The van der Waals surface area contributed by atoms with Gasteiger partial charge in [-0.2, -0.15) is 0 Å². The number of nitrogens with one attached hydrogen (secondary N) is 2. The fourth-order valence-corrected chi connectivity index (χ4v) is 2.59. The SMILES string of the molecule is O=C(Nc1ccccc1)c1ccc2[nH]c3ncccc3c2c1. The molecule has 2 heterocycles. The van der Waals surface area contributed by atoms with Crippen LogP contribution in [0.2, 0.25) is 0 Å². The molecule has 22 heavy (non-hydrogen) atoms. The molecule has 2 N–H and O–H groups in total. The summed E-state index contributed by atoms with van der Waals surface area (Å²) in [7, 11) is 0. The van der Waals surface area contributed by atoms with Crippen LogP contribution in [0, 0.1) is 0 Å². The molecule has 1 amide bonds. The Labute approximate surface area is 126 Å². The summed E-state index contributed by atoms with van der Waals surface area (Å²) in [4.78, 5) is 19.9. The van der Waals surface area contributed by atoms with E-state index in [0.29, 0.717) is 5.56 Å². The van der Waals surface area contributed by atoms with Crippen molar-refractivity contribution in [3.63, 3.8) is 0 Å². The zero-order valence-corrected chi connectivity index (χ0v) is 11.7. The number of aromatic nitrogens is 2. The Balaban J connectivity index is 1.75. The minimum Gasteiger partial charge on any atom is -0.339 e. The number of benzene rings is 2. The minimum absolute atomic E-state index is 0.119. The van der Waals surface area contributed by atoms with Gasteiger partial charge in [0.2, 0.25) is 0 Å². The quantitative estimate of drug-likeness (QED) is 0.586. The molecule has 0 bridgehead atoms. The third-order valence-corrected chi connectivity index (χ3v) is 3.66. The van der Waals surface area contributed by atoms with Gasteiger partial charge in [0.15, 0.2) is 0 Å². The van der Waals surface area contributed by atoms with Crippen LogP contribution in [0.25, 0.3) is 21.9 Å². The predicted molar refractivity (Wildman–Crippen MR) is 88.0 cm³/mol. The van der Waals surface area contributed by atoms with E-state index in [1.54, 1.807) is 6.20 Å². The number of H-pyrrole nitrogens is 1. The van der Waals surface area contributed by atoms with Crippen LogP contribution in [0.4, 0.5) is 5.69 Å². The highest BCUT2D eigenvalue weighted by atomic mass is 16.1. The van der Waals surface area contributed by atoms with Gasteiger partial charge in [-0.3, -0.25) is 4.79 Å². The van der Waals surface area contributed by atoms with Crippen LogP contribution >= 0.6 is 0 Å². The summed E-state index contributed by atoms with van der Waals surface area (Å²) in [6, 6.07) is 19.0. The molecule has 106 valence electrons. The molecule has 4 heteroatoms. The van der Waals surface area contributed by atoms with Crippen LogP contribution in [-0.4, -0.2) is 15.9 Å². The maximum Gasteiger partial charge on any atom is 0.255 e. The Hall–Kier alpha value is -3.14. The summed E-state index contributed by atoms with van der Waals surface area (Å²) in [5, 5.41) is 4.92. The molecular weight excluding hydrogens is 274 g/mol. The van der Waals surface area contributed by atoms with E-state index in [1.807, 2.05) is 60.7 Å². The van der Waals surface area contributed by atoms with E-state index in [-0.39, 0.29) is 5.91 Å². The number of hydrogen-bond donors (Lipinski definition) is 2. The Morgan fingerprint density at radius 1 is 0.955 bits per heavy atom. The van der Waals surface area contributed by atoms with E-state index in [4.69, 9.17) is 0 Å². The molecule has 4 nitrogen and oxygen atoms in total. The van der Waals surface area contributed by atoms with E-state index in [1.165, 1.54) is 0 Å². The maximum absolute atomic E-state index is 12.4. The van der Waals surface area contributed by atoms with Crippen molar-refractivity contribution in [3.05, 3.63) is 72.4 Å². The number of aromatic amines is 1. The van der Waals surface area contributed by atoms with E-state index in [0.717, 1.165) is 27.6 Å². The first-order valence-electron chi connectivity index (χ1n) is 7.04. The average molecular weight is 287 g/mol. The van der Waals surface area contributed by atoms with E-state index >= 15 is 0 Å². The molecule has 0 aliphatic carbocycles. The largest absolute Gasteiger partial charge is 0.339 e. The lowest BCUT2D eigenvalue weighted by Gasteiger charge is -2.05. The number of hydrogen-bond acceptors (Lipinski definition) is 2. The maximum atomic E-state index is 12.4. The second-order valence-corrected chi connectivity index (χ2v) is 5.11. The number of fused-ring (bicyclic) bond motifs is 3. The lowest BCUT2D eigenvalue weighted by Crippen LogP contribution is -2.11. The van der Waals surface area contributed by atoms with Gasteiger partial charge >= 0.3 is 0 Å². The summed E-state index contributed by atoms with van der Waals surface area (Å²) in [5.41, 5.74) is 3.22. The van der Waals surface area contributed by atoms with Crippen molar-refractivity contribution < 1.29 is 4.79 Å². The number of amides is 1. The van der Waals surface area contributed by atoms with E-state index < -0.39 is 0 Å². The molecule has 2 aromatic heterocycles. The van der Waals surface area contributed by atoms with Crippen molar-refractivity contribution in [2.75, 3.05) is 5.32 Å². The van der Waals surface area contributed by atoms with Crippen LogP contribution in [0.15, 0.2) is 66.9 Å². The number of anilines is 1. The number of carbonyl (C=O) groups is 1. The van der Waals surface area contributed by atoms with Crippen LogP contribution in [-0.2, 0) is 0 Å². The summed E-state index contributed by atoms with van der Waals surface area (Å²) >= 11 is 0. The number of para-hydroxylation sites is 1. The zero-order valence-electron chi connectivity index (χ0n) is 11.7. The third kappa shape index (κ3) is 2.11. The van der Waals surface area contributed by atoms with E-state index in [2.05, 4.69) is 15.3 Å². The molecule has 0 aliphatic rings. The van der Waals surface area contributed by atoms with Gasteiger partial charge in [-0.25, -0.2) is 4.98 Å². The number of rotatable bonds is 2. The van der Waals surface area contributed by atoms with Crippen molar-refractivity contribution in [1.82, 2.24) is 9.97 Å². The van der Waals surface area contributed by atoms with Crippen LogP contribution in [0.1, 0.15) is 10.4 Å². The van der Waals surface area contributed by atoms with Crippen molar-refractivity contribution in [2.24, 2.45) is 0 Å². The number of nitrogens with zero attached hydrogens (tertiary/aromatic N) is 1. The normalized spacial score (nSPS) is 10.9. The second kappa shape index (κ2) is 5.00. The lowest BCUT2D eigenvalue weighted by atomic mass is 10.1. The summed E-state index contributed by atoms with van der Waals surface area (Å²) < 4.78 is 0. The second-order valence-electron chi connectivity index (χ2n) is 5.11. The van der Waals surface area contributed by atoms with Crippen molar-refractivity contribution >= 4 is 33.5 Å². The van der Waals surface area contributed by atoms with Crippen LogP contribution in [0.3, 0.4) is 0 Å². The minimum atomic E-state index is -0.119. The fraction of sp³-hybridized carbons (Fsp3) is 0. The fourth-order valence-electron chi connectivity index (χ4n) is 2.59. The van der Waals surface area contributed by atoms with Gasteiger partial charge in [0.1, 0.15) is 5.65 Å². The van der Waals surface area contributed by atoms with Crippen LogP contribution in [0.5, 0.6) is 0 Å². The first kappa shape index (κ1) is 12.6.